The molecule has 4 nitrogen and oxygen atoms in total. The lowest BCUT2D eigenvalue weighted by molar-refractivity contribution is -0.123. The highest BCUT2D eigenvalue weighted by atomic mass is 79.9. The molecule has 0 aromatic heterocycles. The third kappa shape index (κ3) is 5.28. The van der Waals surface area contributed by atoms with Gasteiger partial charge in [-0.2, -0.15) is 0 Å². The third-order valence-corrected chi connectivity index (χ3v) is 4.14. The van der Waals surface area contributed by atoms with Crippen molar-refractivity contribution in [3.05, 3.63) is 58.1 Å². The van der Waals surface area contributed by atoms with Crippen LogP contribution in [0.5, 0.6) is 11.5 Å². The van der Waals surface area contributed by atoms with Crippen LogP contribution in [0.4, 0.5) is 0 Å². The van der Waals surface area contributed by atoms with Crippen LogP contribution in [-0.2, 0) is 11.3 Å². The highest BCUT2D eigenvalue weighted by molar-refractivity contribution is 9.10. The molecule has 122 valence electrons. The fourth-order valence-electron chi connectivity index (χ4n) is 2.05. The summed E-state index contributed by atoms with van der Waals surface area (Å²) in [4.78, 5) is 11.9. The molecule has 23 heavy (non-hydrogen) atoms. The van der Waals surface area contributed by atoms with Crippen LogP contribution in [-0.4, -0.2) is 19.1 Å². The summed E-state index contributed by atoms with van der Waals surface area (Å²) in [5.41, 5.74) is 2.01. The SMILES string of the molecule is CCOc1ccccc1CNC(=O)COc1ccc(Br)c(C)c1. The van der Waals surface area contributed by atoms with Gasteiger partial charge in [0.15, 0.2) is 6.61 Å². The lowest BCUT2D eigenvalue weighted by atomic mass is 10.2. The topological polar surface area (TPSA) is 47.6 Å². The Kier molecular flexibility index (Phi) is 6.47. The highest BCUT2D eigenvalue weighted by Gasteiger charge is 2.07. The molecule has 0 aliphatic carbocycles. The van der Waals surface area contributed by atoms with Gasteiger partial charge in [-0.25, -0.2) is 0 Å². The van der Waals surface area contributed by atoms with Gasteiger partial charge in [0.05, 0.1) is 6.61 Å². The van der Waals surface area contributed by atoms with Crippen molar-refractivity contribution < 1.29 is 14.3 Å². The Morgan fingerprint density at radius 3 is 2.70 bits per heavy atom. The minimum absolute atomic E-state index is 0.0160. The van der Waals surface area contributed by atoms with Crippen molar-refractivity contribution in [2.24, 2.45) is 0 Å². The van der Waals surface area contributed by atoms with Gasteiger partial charge in [-0.15, -0.1) is 0 Å². The molecule has 0 heterocycles. The van der Waals surface area contributed by atoms with Gasteiger partial charge in [0.2, 0.25) is 0 Å². The standard InChI is InChI=1S/C18H20BrNO3/c1-3-22-17-7-5-4-6-14(17)11-20-18(21)12-23-15-8-9-16(19)13(2)10-15/h4-10H,3,11-12H2,1-2H3,(H,20,21). The Balaban J connectivity index is 1.84. The van der Waals surface area contributed by atoms with Gasteiger partial charge in [0.1, 0.15) is 11.5 Å². The van der Waals surface area contributed by atoms with E-state index in [-0.39, 0.29) is 12.5 Å². The smallest absolute Gasteiger partial charge is 0.258 e. The van der Waals surface area contributed by atoms with Crippen LogP contribution in [0.3, 0.4) is 0 Å². The van der Waals surface area contributed by atoms with Gasteiger partial charge in [0, 0.05) is 16.6 Å². The molecular weight excluding hydrogens is 358 g/mol. The van der Waals surface area contributed by atoms with E-state index in [0.717, 1.165) is 21.3 Å². The normalized spacial score (nSPS) is 10.2. The quantitative estimate of drug-likeness (QED) is 0.796. The number of hydrogen-bond acceptors (Lipinski definition) is 3. The number of rotatable bonds is 7. The number of amides is 1. The summed E-state index contributed by atoms with van der Waals surface area (Å²) in [6.45, 7) is 4.90. The Hall–Kier alpha value is -2.01. The molecule has 2 aromatic rings. The van der Waals surface area contributed by atoms with E-state index in [0.29, 0.717) is 18.9 Å². The minimum atomic E-state index is -0.170. The van der Waals surface area contributed by atoms with Gasteiger partial charge in [0.25, 0.3) is 5.91 Å². The second kappa shape index (κ2) is 8.58. The maximum atomic E-state index is 11.9. The monoisotopic (exact) mass is 377 g/mol. The number of carbonyl (C=O) groups is 1. The average molecular weight is 378 g/mol. The molecule has 2 rings (SSSR count). The zero-order valence-corrected chi connectivity index (χ0v) is 14.9. The molecule has 0 saturated carbocycles. The van der Waals surface area contributed by atoms with Crippen LogP contribution in [0.15, 0.2) is 46.9 Å². The first-order chi connectivity index (χ1) is 11.1. The molecule has 0 spiro atoms. The van der Waals surface area contributed by atoms with Gasteiger partial charge < -0.3 is 14.8 Å². The molecule has 1 N–H and O–H groups in total. The predicted molar refractivity (Wildman–Crippen MR) is 93.8 cm³/mol. The van der Waals surface area contributed by atoms with Crippen molar-refractivity contribution >= 4 is 21.8 Å². The number of carbonyl (C=O) groups excluding carboxylic acids is 1. The van der Waals surface area contributed by atoms with E-state index < -0.39 is 0 Å². The minimum Gasteiger partial charge on any atom is -0.494 e. The number of halogens is 1. The molecule has 0 fully saturated rings. The lowest BCUT2D eigenvalue weighted by Gasteiger charge is -2.11. The van der Waals surface area contributed by atoms with E-state index in [9.17, 15) is 4.79 Å². The van der Waals surface area contributed by atoms with Crippen molar-refractivity contribution in [2.75, 3.05) is 13.2 Å². The van der Waals surface area contributed by atoms with E-state index in [4.69, 9.17) is 9.47 Å². The van der Waals surface area contributed by atoms with Crippen LogP contribution in [0.2, 0.25) is 0 Å². The van der Waals surface area contributed by atoms with Crippen LogP contribution >= 0.6 is 15.9 Å². The molecule has 0 aliphatic rings. The van der Waals surface area contributed by atoms with Crippen molar-refractivity contribution in [1.29, 1.82) is 0 Å². The molecule has 0 unspecified atom stereocenters. The molecular formula is C18H20BrNO3. The van der Waals surface area contributed by atoms with Crippen molar-refractivity contribution in [3.8, 4) is 11.5 Å². The predicted octanol–water partition coefficient (Wildman–Crippen LogP) is 3.85. The van der Waals surface area contributed by atoms with Crippen molar-refractivity contribution in [2.45, 2.75) is 20.4 Å². The summed E-state index contributed by atoms with van der Waals surface area (Å²) in [7, 11) is 0. The highest BCUT2D eigenvalue weighted by Crippen LogP contribution is 2.21. The average Bonchev–Trinajstić information content (AvgIpc) is 2.55. The van der Waals surface area contributed by atoms with Crippen LogP contribution < -0.4 is 14.8 Å². The van der Waals surface area contributed by atoms with Gasteiger partial charge in [-0.1, -0.05) is 34.1 Å². The van der Waals surface area contributed by atoms with E-state index >= 15 is 0 Å². The van der Waals surface area contributed by atoms with E-state index in [1.54, 1.807) is 0 Å². The van der Waals surface area contributed by atoms with Gasteiger partial charge in [-0.05, 0) is 43.7 Å². The molecule has 2 aromatic carbocycles. The second-order valence-corrected chi connectivity index (χ2v) is 5.87. The number of benzene rings is 2. The van der Waals surface area contributed by atoms with E-state index in [1.807, 2.05) is 56.3 Å². The fraction of sp³-hybridized carbons (Fsp3) is 0.278. The summed E-state index contributed by atoms with van der Waals surface area (Å²) in [6, 6.07) is 13.3. The van der Waals surface area contributed by atoms with Crippen molar-refractivity contribution in [1.82, 2.24) is 5.32 Å². The maximum Gasteiger partial charge on any atom is 0.258 e. The maximum absolute atomic E-state index is 11.9. The summed E-state index contributed by atoms with van der Waals surface area (Å²) >= 11 is 3.43. The third-order valence-electron chi connectivity index (χ3n) is 3.25. The van der Waals surface area contributed by atoms with Crippen LogP contribution in [0, 0.1) is 6.92 Å². The summed E-state index contributed by atoms with van der Waals surface area (Å²) in [5.74, 6) is 1.30. The number of hydrogen-bond donors (Lipinski definition) is 1. The zero-order chi connectivity index (χ0) is 16.7. The molecule has 0 atom stereocenters. The first-order valence-corrected chi connectivity index (χ1v) is 8.25. The Morgan fingerprint density at radius 1 is 1.17 bits per heavy atom. The van der Waals surface area contributed by atoms with E-state index in [2.05, 4.69) is 21.2 Å². The Morgan fingerprint density at radius 2 is 1.96 bits per heavy atom. The van der Waals surface area contributed by atoms with Gasteiger partial charge in [-0.3, -0.25) is 4.79 Å². The lowest BCUT2D eigenvalue weighted by Crippen LogP contribution is -2.28. The summed E-state index contributed by atoms with van der Waals surface area (Å²) < 4.78 is 12.1. The van der Waals surface area contributed by atoms with Crippen LogP contribution in [0.1, 0.15) is 18.1 Å². The summed E-state index contributed by atoms with van der Waals surface area (Å²) in [6.07, 6.45) is 0. The molecule has 0 aliphatic heterocycles. The first kappa shape index (κ1) is 17.3. The molecule has 1 amide bonds. The van der Waals surface area contributed by atoms with Crippen molar-refractivity contribution in [3.63, 3.8) is 0 Å². The largest absolute Gasteiger partial charge is 0.494 e. The molecule has 0 saturated heterocycles. The van der Waals surface area contributed by atoms with Crippen LogP contribution in [0.25, 0.3) is 0 Å². The van der Waals surface area contributed by atoms with E-state index in [1.165, 1.54) is 0 Å². The number of aryl methyl sites for hydroxylation is 1. The Bertz CT molecular complexity index is 673. The summed E-state index contributed by atoms with van der Waals surface area (Å²) in [5, 5.41) is 2.84. The fourth-order valence-corrected chi connectivity index (χ4v) is 2.29. The number of ether oxygens (including phenoxy) is 2. The number of para-hydroxylation sites is 1. The number of nitrogens with one attached hydrogen (secondary N) is 1. The Labute approximate surface area is 144 Å². The molecule has 0 radical (unpaired) electrons. The molecule has 5 heteroatoms. The first-order valence-electron chi connectivity index (χ1n) is 7.46. The second-order valence-electron chi connectivity index (χ2n) is 5.02. The van der Waals surface area contributed by atoms with Gasteiger partial charge >= 0.3 is 0 Å². The molecule has 0 bridgehead atoms. The zero-order valence-electron chi connectivity index (χ0n) is 13.3.